The van der Waals surface area contributed by atoms with E-state index in [0.29, 0.717) is 27.4 Å². The number of alkyl halides is 3. The Bertz CT molecular complexity index is 1300. The summed E-state index contributed by atoms with van der Waals surface area (Å²) in [6.07, 6.45) is -4.69. The van der Waals surface area contributed by atoms with Gasteiger partial charge in [0.25, 0.3) is 10.0 Å². The quantitative estimate of drug-likeness (QED) is 0.276. The molecule has 3 rings (SSSR count). The Balaban J connectivity index is 1.73. The summed E-state index contributed by atoms with van der Waals surface area (Å²) in [6, 6.07) is 15.9. The Kier molecular flexibility index (Phi) is 9.02. The molecule has 1 amide bonds. The summed E-state index contributed by atoms with van der Waals surface area (Å²) >= 11 is 1.37. The Morgan fingerprint density at radius 3 is 2.36 bits per heavy atom. The number of thioether (sulfide) groups is 1. The lowest BCUT2D eigenvalue weighted by Crippen LogP contribution is -2.41. The maximum absolute atomic E-state index is 13.7. The van der Waals surface area contributed by atoms with Crippen LogP contribution >= 0.6 is 11.8 Å². The smallest absolute Gasteiger partial charge is 0.354 e. The van der Waals surface area contributed by atoms with Gasteiger partial charge in [-0.15, -0.1) is 0 Å². The minimum atomic E-state index is -4.69. The number of rotatable bonds is 10. The summed E-state index contributed by atoms with van der Waals surface area (Å²) in [5.41, 5.74) is 0.00229. The van der Waals surface area contributed by atoms with Gasteiger partial charge in [0, 0.05) is 18.1 Å². The van der Waals surface area contributed by atoms with Gasteiger partial charge in [-0.3, -0.25) is 9.10 Å². The number of nitrogens with one attached hydrogen (secondary N) is 1. The zero-order chi connectivity index (χ0) is 26.3. The normalized spacial score (nSPS) is 11.8. The van der Waals surface area contributed by atoms with Crippen molar-refractivity contribution in [3.63, 3.8) is 0 Å². The molecule has 0 spiro atoms. The average molecular weight is 541 g/mol. The van der Waals surface area contributed by atoms with Crippen molar-refractivity contribution in [2.45, 2.75) is 23.7 Å². The van der Waals surface area contributed by atoms with Crippen LogP contribution in [-0.4, -0.2) is 33.2 Å². The molecule has 3 aromatic carbocycles. The lowest BCUT2D eigenvalue weighted by molar-refractivity contribution is -0.137. The number of hydrogen-bond donors (Lipinski definition) is 1. The van der Waals surface area contributed by atoms with Crippen LogP contribution in [0.15, 0.2) is 77.7 Å². The second-order valence-corrected chi connectivity index (χ2v) is 10.8. The standard InChI is InChI=1S/C25H24F4N2O3S2/c1-18-9-11-22(12-10-18)36(33,34)31(21-7-4-6-20(15-21)25(27,28)29)16-24(32)30-13-14-35-17-19-5-2-3-8-23(19)26/h2-12,15H,13-14,16-17H2,1H3,(H,30,32). The van der Waals surface area contributed by atoms with Gasteiger partial charge in [0.05, 0.1) is 16.1 Å². The SMILES string of the molecule is Cc1ccc(S(=O)(=O)N(CC(=O)NCCSCc2ccccc2F)c2cccc(C(F)(F)F)c2)cc1. The molecule has 192 valence electrons. The van der Waals surface area contributed by atoms with Crippen LogP contribution in [0, 0.1) is 12.7 Å². The third-order valence-corrected chi connectivity index (χ3v) is 7.94. The second kappa shape index (κ2) is 11.8. The molecule has 0 radical (unpaired) electrons. The number of carbonyl (C=O) groups is 1. The second-order valence-electron chi connectivity index (χ2n) is 7.87. The van der Waals surface area contributed by atoms with E-state index in [1.165, 1.54) is 36.0 Å². The van der Waals surface area contributed by atoms with Gasteiger partial charge in [-0.1, -0.05) is 42.0 Å². The molecule has 0 aliphatic carbocycles. The van der Waals surface area contributed by atoms with E-state index in [4.69, 9.17) is 0 Å². The van der Waals surface area contributed by atoms with E-state index in [-0.39, 0.29) is 22.9 Å². The first-order valence-electron chi connectivity index (χ1n) is 10.8. The molecular weight excluding hydrogens is 516 g/mol. The predicted molar refractivity (Wildman–Crippen MR) is 133 cm³/mol. The van der Waals surface area contributed by atoms with Gasteiger partial charge in [0.15, 0.2) is 0 Å². The summed E-state index contributed by atoms with van der Waals surface area (Å²) in [5, 5.41) is 2.58. The Hall–Kier alpha value is -3.05. The highest BCUT2D eigenvalue weighted by atomic mass is 32.2. The zero-order valence-corrected chi connectivity index (χ0v) is 20.9. The molecule has 0 aromatic heterocycles. The summed E-state index contributed by atoms with van der Waals surface area (Å²) in [6.45, 7) is 1.22. The van der Waals surface area contributed by atoms with Crippen LogP contribution in [0.5, 0.6) is 0 Å². The lowest BCUT2D eigenvalue weighted by atomic mass is 10.2. The Labute approximate surface area is 211 Å². The summed E-state index contributed by atoms with van der Waals surface area (Å²) in [5.74, 6) is -0.198. The molecule has 0 saturated heterocycles. The number of hydrogen-bond acceptors (Lipinski definition) is 4. The fourth-order valence-corrected chi connectivity index (χ4v) is 5.49. The van der Waals surface area contributed by atoms with Crippen molar-refractivity contribution in [3.8, 4) is 0 Å². The van der Waals surface area contributed by atoms with Crippen LogP contribution in [0.25, 0.3) is 0 Å². The molecule has 0 aliphatic heterocycles. The molecule has 0 bridgehead atoms. The molecule has 0 unspecified atom stereocenters. The van der Waals surface area contributed by atoms with E-state index in [1.54, 1.807) is 37.3 Å². The molecule has 0 saturated carbocycles. The Morgan fingerprint density at radius 1 is 1.00 bits per heavy atom. The molecular formula is C25H24F4N2O3S2. The molecule has 5 nitrogen and oxygen atoms in total. The maximum atomic E-state index is 13.7. The van der Waals surface area contributed by atoms with Crippen LogP contribution in [0.4, 0.5) is 23.2 Å². The maximum Gasteiger partial charge on any atom is 0.416 e. The number of benzene rings is 3. The number of nitrogens with zero attached hydrogens (tertiary/aromatic N) is 1. The number of halogens is 4. The first kappa shape index (κ1) is 27.5. The molecule has 0 fully saturated rings. The lowest BCUT2D eigenvalue weighted by Gasteiger charge is -2.25. The third kappa shape index (κ3) is 7.23. The monoisotopic (exact) mass is 540 g/mol. The molecule has 0 atom stereocenters. The molecule has 0 heterocycles. The van der Waals surface area contributed by atoms with E-state index in [0.717, 1.165) is 17.7 Å². The minimum Gasteiger partial charge on any atom is -0.354 e. The first-order valence-corrected chi connectivity index (χ1v) is 13.4. The van der Waals surface area contributed by atoms with E-state index in [9.17, 15) is 30.8 Å². The van der Waals surface area contributed by atoms with E-state index >= 15 is 0 Å². The van der Waals surface area contributed by atoms with Crippen LogP contribution in [-0.2, 0) is 26.7 Å². The highest BCUT2D eigenvalue weighted by molar-refractivity contribution is 7.98. The van der Waals surface area contributed by atoms with Crippen molar-refractivity contribution in [3.05, 3.63) is 95.3 Å². The highest BCUT2D eigenvalue weighted by Gasteiger charge is 2.33. The Morgan fingerprint density at radius 2 is 1.69 bits per heavy atom. The molecule has 11 heteroatoms. The van der Waals surface area contributed by atoms with Gasteiger partial charge >= 0.3 is 6.18 Å². The largest absolute Gasteiger partial charge is 0.416 e. The summed E-state index contributed by atoms with van der Waals surface area (Å²) in [7, 11) is -4.35. The average Bonchev–Trinajstić information content (AvgIpc) is 2.83. The van der Waals surface area contributed by atoms with E-state index in [2.05, 4.69) is 5.32 Å². The van der Waals surface area contributed by atoms with Crippen molar-refractivity contribution in [2.75, 3.05) is 23.1 Å². The topological polar surface area (TPSA) is 66.5 Å². The summed E-state index contributed by atoms with van der Waals surface area (Å²) in [4.78, 5) is 12.5. The van der Waals surface area contributed by atoms with Gasteiger partial charge in [0.1, 0.15) is 12.4 Å². The predicted octanol–water partition coefficient (Wildman–Crippen LogP) is 5.40. The van der Waals surface area contributed by atoms with Gasteiger partial charge in [-0.25, -0.2) is 12.8 Å². The van der Waals surface area contributed by atoms with Gasteiger partial charge < -0.3 is 5.32 Å². The number of carbonyl (C=O) groups excluding carboxylic acids is 1. The highest BCUT2D eigenvalue weighted by Crippen LogP contribution is 2.33. The summed E-state index contributed by atoms with van der Waals surface area (Å²) < 4.78 is 80.8. The molecule has 0 aliphatic rings. The third-order valence-electron chi connectivity index (χ3n) is 5.14. The van der Waals surface area contributed by atoms with Crippen molar-refractivity contribution in [2.24, 2.45) is 0 Å². The van der Waals surface area contributed by atoms with Crippen molar-refractivity contribution in [1.29, 1.82) is 0 Å². The number of amides is 1. The van der Waals surface area contributed by atoms with Crippen LogP contribution in [0.3, 0.4) is 0 Å². The van der Waals surface area contributed by atoms with E-state index < -0.39 is 34.2 Å². The molecule has 1 N–H and O–H groups in total. The van der Waals surface area contributed by atoms with Gasteiger partial charge in [-0.2, -0.15) is 24.9 Å². The zero-order valence-electron chi connectivity index (χ0n) is 19.3. The number of anilines is 1. The fraction of sp³-hybridized carbons (Fsp3) is 0.240. The van der Waals surface area contributed by atoms with Crippen LogP contribution in [0.1, 0.15) is 16.7 Å². The molecule has 3 aromatic rings. The van der Waals surface area contributed by atoms with Crippen LogP contribution in [0.2, 0.25) is 0 Å². The number of aryl methyl sites for hydroxylation is 1. The number of sulfonamides is 1. The minimum absolute atomic E-state index is 0.154. The van der Waals surface area contributed by atoms with Crippen molar-refractivity contribution < 1.29 is 30.8 Å². The fourth-order valence-electron chi connectivity index (χ4n) is 3.24. The van der Waals surface area contributed by atoms with Crippen molar-refractivity contribution in [1.82, 2.24) is 5.32 Å². The van der Waals surface area contributed by atoms with Crippen LogP contribution < -0.4 is 9.62 Å². The first-order chi connectivity index (χ1) is 17.0. The molecule has 36 heavy (non-hydrogen) atoms. The van der Waals surface area contributed by atoms with E-state index in [1.807, 2.05) is 0 Å². The van der Waals surface area contributed by atoms with Crippen molar-refractivity contribution >= 4 is 33.4 Å². The van der Waals surface area contributed by atoms with Gasteiger partial charge in [-0.05, 0) is 48.9 Å². The van der Waals surface area contributed by atoms with Gasteiger partial charge in [0.2, 0.25) is 5.91 Å².